The van der Waals surface area contributed by atoms with Gasteiger partial charge in [0.2, 0.25) is 0 Å². The minimum Gasteiger partial charge on any atom is -0.365 e. The molecule has 0 aromatic heterocycles. The topological polar surface area (TPSA) is 15.3 Å². The Morgan fingerprint density at radius 2 is 2.26 bits per heavy atom. The fourth-order valence-corrected chi connectivity index (χ4v) is 3.39. The van der Waals surface area contributed by atoms with Crippen LogP contribution in [0.25, 0.3) is 0 Å². The molecule has 2 nitrogen and oxygen atoms in total. The maximum absolute atomic E-state index is 6.40. The maximum Gasteiger partial charge on any atom is 0.0650 e. The molecule has 1 aromatic carbocycles. The Hall–Kier alpha value is -0.250. The minimum atomic E-state index is 0.471. The van der Waals surface area contributed by atoms with E-state index in [0.717, 1.165) is 28.3 Å². The lowest BCUT2D eigenvalue weighted by Gasteiger charge is -2.42. The van der Waals surface area contributed by atoms with Gasteiger partial charge in [-0.1, -0.05) is 47.8 Å². The summed E-state index contributed by atoms with van der Waals surface area (Å²) in [6.07, 6.45) is 1.20. The quantitative estimate of drug-likeness (QED) is 0.878. The van der Waals surface area contributed by atoms with Gasteiger partial charge < -0.3 is 10.2 Å². The van der Waals surface area contributed by atoms with Crippen molar-refractivity contribution in [3.05, 3.63) is 27.7 Å². The van der Waals surface area contributed by atoms with E-state index in [2.05, 4.69) is 59.1 Å². The fraction of sp³-hybridized carbons (Fsp3) is 0.600. The lowest BCUT2D eigenvalue weighted by molar-refractivity contribution is 0.316. The number of benzene rings is 1. The van der Waals surface area contributed by atoms with Crippen molar-refractivity contribution in [2.75, 3.05) is 18.0 Å². The molecule has 3 atom stereocenters. The first-order valence-corrected chi connectivity index (χ1v) is 8.15. The van der Waals surface area contributed by atoms with Crippen LogP contribution in [0.1, 0.15) is 27.2 Å². The Morgan fingerprint density at radius 3 is 2.89 bits per heavy atom. The molecular weight excluding hydrogens is 324 g/mol. The van der Waals surface area contributed by atoms with Crippen molar-refractivity contribution >= 4 is 33.2 Å². The number of hydrogen-bond donors (Lipinski definition) is 1. The van der Waals surface area contributed by atoms with E-state index in [0.29, 0.717) is 18.0 Å². The highest BCUT2D eigenvalue weighted by atomic mass is 79.9. The molecule has 1 saturated heterocycles. The molecule has 106 valence electrons. The average Bonchev–Trinajstić information content (AvgIpc) is 2.39. The smallest absolute Gasteiger partial charge is 0.0650 e. The van der Waals surface area contributed by atoms with Gasteiger partial charge in [-0.05, 0) is 31.0 Å². The zero-order valence-corrected chi connectivity index (χ0v) is 14.1. The van der Waals surface area contributed by atoms with Gasteiger partial charge in [0.15, 0.2) is 0 Å². The molecule has 1 aliphatic rings. The monoisotopic (exact) mass is 344 g/mol. The fourth-order valence-electron chi connectivity index (χ4n) is 2.60. The predicted octanol–water partition coefficient (Wildman–Crippen LogP) is 4.32. The summed E-state index contributed by atoms with van der Waals surface area (Å²) in [4.78, 5) is 2.43. The summed E-state index contributed by atoms with van der Waals surface area (Å²) in [5.41, 5.74) is 1.15. The lowest BCUT2D eigenvalue weighted by Crippen LogP contribution is -2.57. The van der Waals surface area contributed by atoms with Crippen LogP contribution < -0.4 is 10.2 Å². The van der Waals surface area contributed by atoms with Gasteiger partial charge in [-0.15, -0.1) is 0 Å². The number of nitrogens with one attached hydrogen (secondary N) is 1. The number of hydrogen-bond acceptors (Lipinski definition) is 2. The van der Waals surface area contributed by atoms with Crippen LogP contribution >= 0.6 is 27.5 Å². The molecule has 2 rings (SSSR count). The molecule has 1 aliphatic heterocycles. The van der Waals surface area contributed by atoms with Crippen molar-refractivity contribution < 1.29 is 0 Å². The Bertz CT molecular complexity index is 438. The standard InChI is InChI=1S/C15H22BrClN2/c1-4-10(2)14-9-19(11(3)8-18-14)15-6-5-12(16)7-13(15)17/h5-7,10-11,14,18H,4,8-9H2,1-3H3. The number of anilines is 1. The predicted molar refractivity (Wildman–Crippen MR) is 87.2 cm³/mol. The van der Waals surface area contributed by atoms with Gasteiger partial charge in [-0.3, -0.25) is 0 Å². The van der Waals surface area contributed by atoms with Gasteiger partial charge in [0, 0.05) is 29.6 Å². The van der Waals surface area contributed by atoms with E-state index >= 15 is 0 Å². The minimum absolute atomic E-state index is 0.471. The van der Waals surface area contributed by atoms with Crippen LogP contribution in [0.3, 0.4) is 0 Å². The van der Waals surface area contributed by atoms with Gasteiger partial charge in [0.25, 0.3) is 0 Å². The summed E-state index contributed by atoms with van der Waals surface area (Å²) in [6, 6.07) is 7.17. The molecule has 1 N–H and O–H groups in total. The van der Waals surface area contributed by atoms with Crippen LogP contribution in [0.4, 0.5) is 5.69 Å². The maximum atomic E-state index is 6.40. The van der Waals surface area contributed by atoms with E-state index in [1.54, 1.807) is 0 Å². The lowest BCUT2D eigenvalue weighted by atomic mass is 9.95. The Balaban J connectivity index is 2.21. The van der Waals surface area contributed by atoms with Crippen LogP contribution in [0.15, 0.2) is 22.7 Å². The molecular formula is C15H22BrClN2. The molecule has 0 amide bonds. The van der Waals surface area contributed by atoms with Crippen molar-refractivity contribution in [2.45, 2.75) is 39.3 Å². The second-order valence-corrected chi connectivity index (χ2v) is 6.82. The van der Waals surface area contributed by atoms with E-state index < -0.39 is 0 Å². The zero-order chi connectivity index (χ0) is 14.0. The molecule has 1 fully saturated rings. The van der Waals surface area contributed by atoms with Gasteiger partial charge in [0.1, 0.15) is 0 Å². The highest BCUT2D eigenvalue weighted by molar-refractivity contribution is 9.10. The van der Waals surface area contributed by atoms with E-state index in [1.165, 1.54) is 6.42 Å². The van der Waals surface area contributed by atoms with E-state index in [-0.39, 0.29) is 0 Å². The second-order valence-electron chi connectivity index (χ2n) is 5.50. The van der Waals surface area contributed by atoms with Crippen LogP contribution in [0.2, 0.25) is 5.02 Å². The summed E-state index contributed by atoms with van der Waals surface area (Å²) < 4.78 is 1.03. The molecule has 1 aromatic rings. The molecule has 0 bridgehead atoms. The number of nitrogens with zero attached hydrogens (tertiary/aromatic N) is 1. The molecule has 0 saturated carbocycles. The van der Waals surface area contributed by atoms with E-state index in [1.807, 2.05) is 6.07 Å². The van der Waals surface area contributed by atoms with Crippen LogP contribution in [0.5, 0.6) is 0 Å². The van der Waals surface area contributed by atoms with Crippen LogP contribution in [-0.2, 0) is 0 Å². The Labute approximate surface area is 129 Å². The van der Waals surface area contributed by atoms with Crippen molar-refractivity contribution in [2.24, 2.45) is 5.92 Å². The molecule has 4 heteroatoms. The summed E-state index contributed by atoms with van der Waals surface area (Å²) in [6.45, 7) is 8.85. The molecule has 1 heterocycles. The van der Waals surface area contributed by atoms with Crippen LogP contribution in [-0.4, -0.2) is 25.2 Å². The molecule has 0 radical (unpaired) electrons. The first kappa shape index (κ1) is 15.1. The molecule has 3 unspecified atom stereocenters. The number of halogens is 2. The highest BCUT2D eigenvalue weighted by Crippen LogP contribution is 2.32. The second kappa shape index (κ2) is 6.47. The van der Waals surface area contributed by atoms with Crippen molar-refractivity contribution in [1.82, 2.24) is 5.32 Å². The van der Waals surface area contributed by atoms with Crippen molar-refractivity contribution in [3.63, 3.8) is 0 Å². The highest BCUT2D eigenvalue weighted by Gasteiger charge is 2.28. The van der Waals surface area contributed by atoms with Gasteiger partial charge in [0.05, 0.1) is 10.7 Å². The normalized spacial score (nSPS) is 25.4. The SMILES string of the molecule is CCC(C)C1CN(c2ccc(Br)cc2Cl)C(C)CN1. The van der Waals surface area contributed by atoms with Gasteiger partial charge >= 0.3 is 0 Å². The third-order valence-electron chi connectivity index (χ3n) is 4.15. The molecule has 0 spiro atoms. The zero-order valence-electron chi connectivity index (χ0n) is 11.8. The number of rotatable bonds is 3. The van der Waals surface area contributed by atoms with E-state index in [9.17, 15) is 0 Å². The van der Waals surface area contributed by atoms with Crippen molar-refractivity contribution in [3.8, 4) is 0 Å². The molecule has 0 aliphatic carbocycles. The summed E-state index contributed by atoms with van der Waals surface area (Å²) in [5, 5.41) is 4.48. The Morgan fingerprint density at radius 1 is 1.53 bits per heavy atom. The van der Waals surface area contributed by atoms with E-state index in [4.69, 9.17) is 11.6 Å². The summed E-state index contributed by atoms with van der Waals surface area (Å²) in [5.74, 6) is 0.684. The third kappa shape index (κ3) is 3.45. The Kier molecular flexibility index (Phi) is 5.15. The average molecular weight is 346 g/mol. The van der Waals surface area contributed by atoms with Gasteiger partial charge in [-0.2, -0.15) is 0 Å². The largest absolute Gasteiger partial charge is 0.365 e. The number of piperazine rings is 1. The molecule has 19 heavy (non-hydrogen) atoms. The van der Waals surface area contributed by atoms with Gasteiger partial charge in [-0.25, -0.2) is 0 Å². The first-order valence-electron chi connectivity index (χ1n) is 6.98. The first-order chi connectivity index (χ1) is 9.02. The van der Waals surface area contributed by atoms with Crippen molar-refractivity contribution in [1.29, 1.82) is 0 Å². The summed E-state index contributed by atoms with van der Waals surface area (Å²) in [7, 11) is 0. The third-order valence-corrected chi connectivity index (χ3v) is 4.95. The summed E-state index contributed by atoms with van der Waals surface area (Å²) >= 11 is 9.86. The van der Waals surface area contributed by atoms with Crippen LogP contribution in [0, 0.1) is 5.92 Å².